The number of carbonyl (C=O) groups excluding carboxylic acids is 1. The Hall–Kier alpha value is -3.24. The molecule has 3 rings (SSSR count). The largest absolute Gasteiger partial charge is 0.489 e. The Labute approximate surface area is 200 Å². The number of carbonyl (C=O) groups is 1. The molecule has 180 valence electrons. The van der Waals surface area contributed by atoms with Crippen LogP contribution < -0.4 is 14.4 Å². The third-order valence-corrected chi connectivity index (χ3v) is 6.00. The van der Waals surface area contributed by atoms with E-state index in [2.05, 4.69) is 5.32 Å². The molecular formula is C23H20ClF3N2O4S. The van der Waals surface area contributed by atoms with Crippen molar-refractivity contribution in [2.75, 3.05) is 22.4 Å². The van der Waals surface area contributed by atoms with Crippen LogP contribution in [0.2, 0.25) is 5.02 Å². The van der Waals surface area contributed by atoms with Gasteiger partial charge in [-0.2, -0.15) is 13.2 Å². The molecule has 0 heterocycles. The number of nitrogens with zero attached hydrogens (tertiary/aromatic N) is 1. The Morgan fingerprint density at radius 2 is 1.68 bits per heavy atom. The molecule has 1 amide bonds. The molecule has 1 N–H and O–H groups in total. The first-order valence-corrected chi connectivity index (χ1v) is 12.1. The fourth-order valence-electron chi connectivity index (χ4n) is 3.03. The van der Waals surface area contributed by atoms with Gasteiger partial charge in [-0.1, -0.05) is 41.9 Å². The molecule has 0 spiro atoms. The molecule has 0 bridgehead atoms. The molecule has 3 aromatic carbocycles. The zero-order valence-corrected chi connectivity index (χ0v) is 19.4. The second kappa shape index (κ2) is 10.4. The first-order valence-electron chi connectivity index (χ1n) is 9.84. The predicted molar refractivity (Wildman–Crippen MR) is 124 cm³/mol. The molecular weight excluding hydrogens is 493 g/mol. The minimum absolute atomic E-state index is 0.150. The lowest BCUT2D eigenvalue weighted by molar-refractivity contribution is -0.137. The van der Waals surface area contributed by atoms with Gasteiger partial charge in [0.2, 0.25) is 15.9 Å². The lowest BCUT2D eigenvalue weighted by atomic mass is 10.1. The molecule has 0 atom stereocenters. The van der Waals surface area contributed by atoms with Crippen molar-refractivity contribution >= 4 is 38.9 Å². The second-order valence-electron chi connectivity index (χ2n) is 7.27. The maximum absolute atomic E-state index is 13.3. The number of amides is 1. The number of rotatable bonds is 8. The topological polar surface area (TPSA) is 75.7 Å². The fraction of sp³-hybridized carbons (Fsp3) is 0.174. The molecule has 3 aromatic rings. The third-order valence-electron chi connectivity index (χ3n) is 4.62. The number of hydrogen-bond donors (Lipinski definition) is 1. The van der Waals surface area contributed by atoms with Gasteiger partial charge in [0, 0.05) is 5.02 Å². The lowest BCUT2D eigenvalue weighted by Gasteiger charge is -2.23. The van der Waals surface area contributed by atoms with Crippen LogP contribution in [-0.4, -0.2) is 27.1 Å². The highest BCUT2D eigenvalue weighted by molar-refractivity contribution is 7.92. The summed E-state index contributed by atoms with van der Waals surface area (Å²) in [5.41, 5.74) is -0.572. The van der Waals surface area contributed by atoms with Crippen LogP contribution in [0.4, 0.5) is 24.5 Å². The van der Waals surface area contributed by atoms with Crippen LogP contribution in [-0.2, 0) is 27.6 Å². The number of halogens is 4. The van der Waals surface area contributed by atoms with Gasteiger partial charge in [-0.25, -0.2) is 8.42 Å². The monoisotopic (exact) mass is 512 g/mol. The van der Waals surface area contributed by atoms with Gasteiger partial charge < -0.3 is 10.1 Å². The second-order valence-corrected chi connectivity index (χ2v) is 9.62. The number of nitrogens with one attached hydrogen (secondary N) is 1. The van der Waals surface area contributed by atoms with E-state index >= 15 is 0 Å². The van der Waals surface area contributed by atoms with Crippen LogP contribution in [0, 0.1) is 0 Å². The SMILES string of the molecule is CS(=O)(=O)N(CC(=O)Nc1ccc(Cl)cc1C(F)(F)F)c1ccc(OCc2ccccc2)cc1. The maximum Gasteiger partial charge on any atom is 0.418 e. The summed E-state index contributed by atoms with van der Waals surface area (Å²) >= 11 is 5.64. The van der Waals surface area contributed by atoms with Crippen LogP contribution >= 0.6 is 11.6 Å². The van der Waals surface area contributed by atoms with Crippen molar-refractivity contribution in [3.05, 3.63) is 88.9 Å². The van der Waals surface area contributed by atoms with Crippen LogP contribution in [0.25, 0.3) is 0 Å². The smallest absolute Gasteiger partial charge is 0.418 e. The normalized spacial score (nSPS) is 11.7. The number of alkyl halides is 3. The number of sulfonamides is 1. The summed E-state index contributed by atoms with van der Waals surface area (Å²) in [6.07, 6.45) is -3.87. The van der Waals surface area contributed by atoms with Crippen molar-refractivity contribution in [2.45, 2.75) is 12.8 Å². The van der Waals surface area contributed by atoms with E-state index in [0.29, 0.717) is 18.4 Å². The molecule has 0 aromatic heterocycles. The number of ether oxygens (including phenoxy) is 1. The average Bonchev–Trinajstić information content (AvgIpc) is 2.77. The van der Waals surface area contributed by atoms with E-state index in [1.165, 1.54) is 30.3 Å². The summed E-state index contributed by atoms with van der Waals surface area (Å²) in [6.45, 7) is -0.427. The molecule has 0 aliphatic carbocycles. The van der Waals surface area contributed by atoms with E-state index < -0.39 is 39.9 Å². The minimum atomic E-state index is -4.76. The van der Waals surface area contributed by atoms with Crippen molar-refractivity contribution in [2.24, 2.45) is 0 Å². The molecule has 11 heteroatoms. The highest BCUT2D eigenvalue weighted by Gasteiger charge is 2.34. The molecule has 0 radical (unpaired) electrons. The summed E-state index contributed by atoms with van der Waals surface area (Å²) in [6, 6.07) is 18.2. The Bertz CT molecular complexity index is 1250. The predicted octanol–water partition coefficient (Wildman–Crippen LogP) is 5.34. The van der Waals surface area contributed by atoms with Crippen molar-refractivity contribution < 1.29 is 31.1 Å². The first kappa shape index (κ1) is 25.4. The summed E-state index contributed by atoms with van der Waals surface area (Å²) < 4.78 is 70.9. The minimum Gasteiger partial charge on any atom is -0.489 e. The summed E-state index contributed by atoms with van der Waals surface area (Å²) in [7, 11) is -3.93. The Kier molecular flexibility index (Phi) is 7.73. The molecule has 0 fully saturated rings. The zero-order valence-electron chi connectivity index (χ0n) is 17.8. The van der Waals surface area contributed by atoms with Crippen LogP contribution in [0.1, 0.15) is 11.1 Å². The van der Waals surface area contributed by atoms with Gasteiger partial charge in [-0.3, -0.25) is 9.10 Å². The van der Waals surface area contributed by atoms with E-state index in [1.54, 1.807) is 0 Å². The van der Waals surface area contributed by atoms with E-state index in [0.717, 1.165) is 22.2 Å². The van der Waals surface area contributed by atoms with Gasteiger partial charge in [-0.15, -0.1) is 0 Å². The third kappa shape index (κ3) is 6.88. The van der Waals surface area contributed by atoms with Crippen molar-refractivity contribution in [1.29, 1.82) is 0 Å². The van der Waals surface area contributed by atoms with Gasteiger partial charge in [0.05, 0.1) is 23.2 Å². The van der Waals surface area contributed by atoms with Gasteiger partial charge in [0.15, 0.2) is 0 Å². The highest BCUT2D eigenvalue weighted by atomic mass is 35.5. The van der Waals surface area contributed by atoms with Gasteiger partial charge in [-0.05, 0) is 48.0 Å². The van der Waals surface area contributed by atoms with Gasteiger partial charge >= 0.3 is 6.18 Å². The molecule has 0 saturated heterocycles. The number of hydrogen-bond acceptors (Lipinski definition) is 4. The summed E-state index contributed by atoms with van der Waals surface area (Å²) in [4.78, 5) is 12.5. The fourth-order valence-corrected chi connectivity index (χ4v) is 4.06. The number of anilines is 2. The Morgan fingerprint density at radius 3 is 2.26 bits per heavy atom. The quantitative estimate of drug-likeness (QED) is 0.442. The lowest BCUT2D eigenvalue weighted by Crippen LogP contribution is -2.37. The highest BCUT2D eigenvalue weighted by Crippen LogP contribution is 2.36. The first-order chi connectivity index (χ1) is 15.9. The van der Waals surface area contributed by atoms with Crippen LogP contribution in [0.3, 0.4) is 0 Å². The van der Waals surface area contributed by atoms with Crippen molar-refractivity contribution in [1.82, 2.24) is 0 Å². The van der Waals surface area contributed by atoms with Crippen molar-refractivity contribution in [3.8, 4) is 5.75 Å². The van der Waals surface area contributed by atoms with E-state index in [1.807, 2.05) is 30.3 Å². The van der Waals surface area contributed by atoms with Crippen molar-refractivity contribution in [3.63, 3.8) is 0 Å². The zero-order chi connectivity index (χ0) is 24.9. The number of benzene rings is 3. The Balaban J connectivity index is 1.74. The maximum atomic E-state index is 13.3. The van der Waals surface area contributed by atoms with E-state index in [9.17, 15) is 26.4 Å². The molecule has 6 nitrogen and oxygen atoms in total. The van der Waals surface area contributed by atoms with E-state index in [-0.39, 0.29) is 10.7 Å². The molecule has 34 heavy (non-hydrogen) atoms. The Morgan fingerprint density at radius 1 is 1.03 bits per heavy atom. The molecule has 0 saturated carbocycles. The van der Waals surface area contributed by atoms with Gasteiger partial charge in [0.1, 0.15) is 18.9 Å². The standard InChI is InChI=1S/C23H20ClF3N2O4S/c1-34(31,32)29(14-22(30)28-21-12-7-17(24)13-20(21)23(25,26)27)18-8-10-19(11-9-18)33-15-16-5-3-2-4-6-16/h2-13H,14-15H2,1H3,(H,28,30). The van der Waals surface area contributed by atoms with Gasteiger partial charge in [0.25, 0.3) is 0 Å². The molecule has 0 aliphatic rings. The summed E-state index contributed by atoms with van der Waals surface area (Å²) in [5, 5.41) is 1.96. The van der Waals surface area contributed by atoms with Crippen LogP contribution in [0.15, 0.2) is 72.8 Å². The average molecular weight is 513 g/mol. The van der Waals surface area contributed by atoms with Crippen LogP contribution in [0.5, 0.6) is 5.75 Å². The molecule has 0 aliphatic heterocycles. The summed E-state index contributed by atoms with van der Waals surface area (Å²) in [5.74, 6) is -0.482. The van der Waals surface area contributed by atoms with E-state index in [4.69, 9.17) is 16.3 Å². The molecule has 0 unspecified atom stereocenters.